The molecular formula is C17H19ClN4O. The Morgan fingerprint density at radius 3 is 2.96 bits per heavy atom. The van der Waals surface area contributed by atoms with Gasteiger partial charge in [0.1, 0.15) is 11.8 Å². The topological polar surface area (TPSA) is 57.1 Å². The van der Waals surface area contributed by atoms with Crippen LogP contribution in [0.25, 0.3) is 0 Å². The van der Waals surface area contributed by atoms with Crippen molar-refractivity contribution >= 4 is 29.3 Å². The average molecular weight is 331 g/mol. The van der Waals surface area contributed by atoms with E-state index in [4.69, 9.17) is 11.6 Å². The summed E-state index contributed by atoms with van der Waals surface area (Å²) < 4.78 is 0. The van der Waals surface area contributed by atoms with Crippen LogP contribution in [0.1, 0.15) is 18.4 Å². The van der Waals surface area contributed by atoms with E-state index in [1.165, 1.54) is 6.08 Å². The smallest absolute Gasteiger partial charge is 0.201 e. The van der Waals surface area contributed by atoms with Gasteiger partial charge in [-0.1, -0.05) is 37.2 Å². The molecule has 0 radical (unpaired) electrons. The lowest BCUT2D eigenvalue weighted by atomic mass is 9.93. The normalized spacial score (nSPS) is 18.7. The number of hydrogen-bond acceptors (Lipinski definition) is 5. The van der Waals surface area contributed by atoms with Crippen molar-refractivity contribution in [2.75, 3.05) is 7.05 Å². The lowest BCUT2D eigenvalue weighted by Crippen LogP contribution is -2.31. The maximum Gasteiger partial charge on any atom is 0.201 e. The second kappa shape index (κ2) is 7.74. The van der Waals surface area contributed by atoms with Gasteiger partial charge in [-0.05, 0) is 29.8 Å². The van der Waals surface area contributed by atoms with Crippen LogP contribution >= 0.6 is 11.6 Å². The Bertz CT molecular complexity index is 667. The number of rotatable bonds is 6. The van der Waals surface area contributed by atoms with E-state index >= 15 is 0 Å². The molecule has 120 valence electrons. The molecule has 5 nitrogen and oxygen atoms in total. The fourth-order valence-electron chi connectivity index (χ4n) is 2.11. The summed E-state index contributed by atoms with van der Waals surface area (Å²) in [5.74, 6) is -0.433. The first-order valence-corrected chi connectivity index (χ1v) is 7.59. The molecule has 0 spiro atoms. The van der Waals surface area contributed by atoms with Crippen LogP contribution in [0.5, 0.6) is 0 Å². The predicted octanol–water partition coefficient (Wildman–Crippen LogP) is 2.96. The van der Waals surface area contributed by atoms with Crippen LogP contribution in [-0.2, 0) is 4.79 Å². The summed E-state index contributed by atoms with van der Waals surface area (Å²) in [5, 5.41) is 10.7. The Labute approximate surface area is 141 Å². The second-order valence-electron chi connectivity index (χ2n) is 5.18. The Morgan fingerprint density at radius 1 is 1.57 bits per heavy atom. The maximum atomic E-state index is 12.2. The van der Waals surface area contributed by atoms with Gasteiger partial charge < -0.3 is 0 Å². The van der Waals surface area contributed by atoms with E-state index in [9.17, 15) is 4.79 Å². The molecule has 0 fully saturated rings. The van der Waals surface area contributed by atoms with Crippen LogP contribution in [-0.4, -0.2) is 35.8 Å². The van der Waals surface area contributed by atoms with Gasteiger partial charge in [-0.3, -0.25) is 15.2 Å². The third-order valence-electron chi connectivity index (χ3n) is 3.45. The largest absolute Gasteiger partial charge is 0.297 e. The summed E-state index contributed by atoms with van der Waals surface area (Å²) in [6, 6.07) is 7.23. The summed E-state index contributed by atoms with van der Waals surface area (Å²) in [7, 11) is 1.83. The van der Waals surface area contributed by atoms with Crippen LogP contribution in [0.4, 0.5) is 0 Å². The van der Waals surface area contributed by atoms with Gasteiger partial charge in [0.25, 0.3) is 0 Å². The van der Waals surface area contributed by atoms with Gasteiger partial charge in [-0.15, -0.1) is 0 Å². The molecule has 0 aliphatic carbocycles. The Balaban J connectivity index is 2.21. The van der Waals surface area contributed by atoms with Gasteiger partial charge in [0.2, 0.25) is 5.78 Å². The highest BCUT2D eigenvalue weighted by Gasteiger charge is 2.19. The summed E-state index contributed by atoms with van der Waals surface area (Å²) in [4.78, 5) is 12.2. The van der Waals surface area contributed by atoms with E-state index in [-0.39, 0.29) is 17.7 Å². The summed E-state index contributed by atoms with van der Waals surface area (Å²) in [6.45, 7) is 5.46. The monoisotopic (exact) mass is 330 g/mol. The molecular weight excluding hydrogens is 312 g/mol. The van der Waals surface area contributed by atoms with Crippen molar-refractivity contribution in [3.63, 3.8) is 0 Å². The molecule has 0 saturated carbocycles. The van der Waals surface area contributed by atoms with Gasteiger partial charge in [0.15, 0.2) is 0 Å². The minimum Gasteiger partial charge on any atom is -0.297 e. The molecule has 0 bridgehead atoms. The Hall–Kier alpha value is -2.40. The van der Waals surface area contributed by atoms with E-state index in [1.54, 1.807) is 17.3 Å². The summed E-state index contributed by atoms with van der Waals surface area (Å²) in [5.41, 5.74) is 4.24. The van der Waals surface area contributed by atoms with Crippen LogP contribution < -0.4 is 5.43 Å². The van der Waals surface area contributed by atoms with E-state index in [0.717, 1.165) is 5.56 Å². The molecule has 1 aliphatic heterocycles. The first-order chi connectivity index (χ1) is 11.0. The van der Waals surface area contributed by atoms with Gasteiger partial charge in [-0.2, -0.15) is 10.2 Å². The molecule has 2 atom stereocenters. The molecule has 0 amide bonds. The molecule has 1 aliphatic rings. The van der Waals surface area contributed by atoms with Crippen LogP contribution in [0, 0.1) is 0 Å². The molecule has 1 aromatic carbocycles. The van der Waals surface area contributed by atoms with Crippen LogP contribution in [0.2, 0.25) is 5.02 Å². The third-order valence-corrected chi connectivity index (χ3v) is 3.68. The predicted molar refractivity (Wildman–Crippen MR) is 94.8 cm³/mol. The minimum absolute atomic E-state index is 0.162. The summed E-state index contributed by atoms with van der Waals surface area (Å²) in [6.07, 6.45) is 6.70. The standard InChI is InChI=1S/C17H19ClN4O/c1-4-16(23)17(12(2)13-6-5-7-14(18)10-13)21-20-15-8-9-22(3)19-11-15/h4-12,15,20H,1H2,2-3H3/b21-17-. The van der Waals surface area contributed by atoms with Crippen molar-refractivity contribution in [3.8, 4) is 0 Å². The summed E-state index contributed by atoms with van der Waals surface area (Å²) >= 11 is 6.03. The molecule has 23 heavy (non-hydrogen) atoms. The molecule has 2 rings (SSSR count). The number of benzene rings is 1. The van der Waals surface area contributed by atoms with Crippen molar-refractivity contribution < 1.29 is 4.79 Å². The molecule has 0 aromatic heterocycles. The quantitative estimate of drug-likeness (QED) is 0.495. The number of hydrogen-bond donors (Lipinski definition) is 1. The minimum atomic E-state index is -0.223. The number of hydrazone groups is 2. The Morgan fingerprint density at radius 2 is 2.35 bits per heavy atom. The number of nitrogens with zero attached hydrogens (tertiary/aromatic N) is 3. The SMILES string of the molecule is C=CC(=O)/C(=N\NC1C=CN(C)N=C1)C(C)c1cccc(Cl)c1. The number of halogens is 1. The van der Waals surface area contributed by atoms with Crippen molar-refractivity contribution in [1.82, 2.24) is 10.4 Å². The number of nitrogens with one attached hydrogen (secondary N) is 1. The van der Waals surface area contributed by atoms with E-state index < -0.39 is 0 Å². The van der Waals surface area contributed by atoms with Crippen LogP contribution in [0.15, 0.2) is 59.4 Å². The Kier molecular flexibility index (Phi) is 5.71. The fraction of sp³-hybridized carbons (Fsp3) is 0.235. The molecule has 2 unspecified atom stereocenters. The van der Waals surface area contributed by atoms with Gasteiger partial charge in [-0.25, -0.2) is 0 Å². The lowest BCUT2D eigenvalue weighted by molar-refractivity contribution is -0.109. The first-order valence-electron chi connectivity index (χ1n) is 7.22. The highest BCUT2D eigenvalue weighted by atomic mass is 35.5. The zero-order valence-corrected chi connectivity index (χ0v) is 13.9. The molecule has 1 aromatic rings. The lowest BCUT2D eigenvalue weighted by Gasteiger charge is -2.18. The number of carbonyl (C=O) groups is 1. The van der Waals surface area contributed by atoms with Crippen molar-refractivity contribution in [2.24, 2.45) is 10.2 Å². The zero-order chi connectivity index (χ0) is 16.8. The third kappa shape index (κ3) is 4.53. The van der Waals surface area contributed by atoms with Gasteiger partial charge >= 0.3 is 0 Å². The molecule has 1 N–H and O–H groups in total. The van der Waals surface area contributed by atoms with E-state index in [0.29, 0.717) is 10.7 Å². The fourth-order valence-corrected chi connectivity index (χ4v) is 2.31. The zero-order valence-electron chi connectivity index (χ0n) is 13.1. The average Bonchev–Trinajstić information content (AvgIpc) is 2.56. The number of carbonyl (C=O) groups excluding carboxylic acids is 1. The van der Waals surface area contributed by atoms with Gasteiger partial charge in [0, 0.05) is 24.2 Å². The second-order valence-corrected chi connectivity index (χ2v) is 5.61. The van der Waals surface area contributed by atoms with Crippen LogP contribution in [0.3, 0.4) is 0 Å². The highest BCUT2D eigenvalue weighted by molar-refractivity contribution is 6.45. The number of allylic oxidation sites excluding steroid dienone is 1. The van der Waals surface area contributed by atoms with Crippen molar-refractivity contribution in [2.45, 2.75) is 18.9 Å². The van der Waals surface area contributed by atoms with E-state index in [1.807, 2.05) is 44.4 Å². The van der Waals surface area contributed by atoms with Crippen molar-refractivity contribution in [3.05, 3.63) is 59.8 Å². The van der Waals surface area contributed by atoms with E-state index in [2.05, 4.69) is 22.2 Å². The first kappa shape index (κ1) is 17.0. The number of ketones is 1. The molecule has 0 saturated heterocycles. The van der Waals surface area contributed by atoms with Gasteiger partial charge in [0.05, 0.1) is 6.21 Å². The maximum absolute atomic E-state index is 12.2. The van der Waals surface area contributed by atoms with Crippen molar-refractivity contribution in [1.29, 1.82) is 0 Å². The molecule has 6 heteroatoms. The molecule has 1 heterocycles. The highest BCUT2D eigenvalue weighted by Crippen LogP contribution is 2.21.